The lowest BCUT2D eigenvalue weighted by Crippen LogP contribution is -2.21. The summed E-state index contributed by atoms with van der Waals surface area (Å²) >= 11 is 0. The Hall–Kier alpha value is -1.85. The Kier molecular flexibility index (Phi) is 8.25. The van der Waals surface area contributed by atoms with E-state index >= 15 is 0 Å². The van der Waals surface area contributed by atoms with Gasteiger partial charge in [0.25, 0.3) is 0 Å². The average Bonchev–Trinajstić information content (AvgIpc) is 2.54. The third kappa shape index (κ3) is 6.74. The minimum absolute atomic E-state index is 0.0273. The number of aliphatic hydroxyl groups is 1. The van der Waals surface area contributed by atoms with Crippen molar-refractivity contribution < 1.29 is 24.1 Å². The van der Waals surface area contributed by atoms with Gasteiger partial charge in [-0.2, -0.15) is 0 Å². The average molecular weight is 308 g/mol. The zero-order valence-electron chi connectivity index (χ0n) is 13.3. The maximum absolute atomic E-state index is 10.9. The van der Waals surface area contributed by atoms with Crippen LogP contribution >= 0.6 is 0 Å². The highest BCUT2D eigenvalue weighted by Gasteiger charge is 2.13. The number of esters is 1. The second-order valence-corrected chi connectivity index (χ2v) is 5.07. The van der Waals surface area contributed by atoms with Crippen LogP contribution in [-0.4, -0.2) is 38.0 Å². The number of hydrogen-bond acceptors (Lipinski definition) is 5. The molecule has 22 heavy (non-hydrogen) atoms. The maximum Gasteiger partial charge on any atom is 0.330 e. The molecule has 1 N–H and O–H groups in total. The second-order valence-electron chi connectivity index (χ2n) is 5.07. The first-order chi connectivity index (χ1) is 10.6. The molecule has 1 rings (SSSR count). The van der Waals surface area contributed by atoms with Crippen molar-refractivity contribution in [2.45, 2.75) is 26.1 Å². The van der Waals surface area contributed by atoms with Crippen LogP contribution in [-0.2, 0) is 20.9 Å². The summed E-state index contributed by atoms with van der Waals surface area (Å²) < 4.78 is 15.2. The standard InChI is InChI=1S/C17H24O5/c1-13(16(18)5-4-6-17(19)21-3)11-22-12-14-7-9-15(20-2)10-8-14/h4,6-10,13,16,18H,5,11-12H2,1-3H3/b6-4+/t13-,16+/m1/s1. The second kappa shape index (κ2) is 9.97. The number of ether oxygens (including phenoxy) is 3. The summed E-state index contributed by atoms with van der Waals surface area (Å²) in [7, 11) is 2.95. The first-order valence-electron chi connectivity index (χ1n) is 7.20. The molecular weight excluding hydrogens is 284 g/mol. The van der Waals surface area contributed by atoms with E-state index in [0.29, 0.717) is 19.6 Å². The van der Waals surface area contributed by atoms with Crippen molar-refractivity contribution in [2.24, 2.45) is 5.92 Å². The van der Waals surface area contributed by atoms with Crippen molar-refractivity contribution in [2.75, 3.05) is 20.8 Å². The molecular formula is C17H24O5. The van der Waals surface area contributed by atoms with Crippen molar-refractivity contribution in [3.05, 3.63) is 42.0 Å². The van der Waals surface area contributed by atoms with Gasteiger partial charge in [0, 0.05) is 12.0 Å². The van der Waals surface area contributed by atoms with Crippen LogP contribution in [0.2, 0.25) is 0 Å². The number of aliphatic hydroxyl groups excluding tert-OH is 1. The number of hydrogen-bond donors (Lipinski definition) is 1. The third-order valence-electron chi connectivity index (χ3n) is 3.30. The van der Waals surface area contributed by atoms with Crippen molar-refractivity contribution >= 4 is 5.97 Å². The summed E-state index contributed by atoms with van der Waals surface area (Å²) in [4.78, 5) is 10.9. The van der Waals surface area contributed by atoms with Crippen molar-refractivity contribution in [1.82, 2.24) is 0 Å². The van der Waals surface area contributed by atoms with Gasteiger partial charge in [-0.25, -0.2) is 4.79 Å². The number of rotatable bonds is 9. The molecule has 5 heteroatoms. The molecule has 0 spiro atoms. The fourth-order valence-corrected chi connectivity index (χ4v) is 1.80. The van der Waals surface area contributed by atoms with Crippen molar-refractivity contribution in [1.29, 1.82) is 0 Å². The zero-order valence-corrected chi connectivity index (χ0v) is 13.3. The predicted octanol–water partition coefficient (Wildman–Crippen LogP) is 2.33. The molecule has 0 unspecified atom stereocenters. The highest BCUT2D eigenvalue weighted by Crippen LogP contribution is 2.13. The predicted molar refractivity (Wildman–Crippen MR) is 83.6 cm³/mol. The topological polar surface area (TPSA) is 65.0 Å². The van der Waals surface area contributed by atoms with E-state index in [0.717, 1.165) is 11.3 Å². The summed E-state index contributed by atoms with van der Waals surface area (Å²) in [5, 5.41) is 9.97. The Morgan fingerprint density at radius 2 is 1.95 bits per heavy atom. The van der Waals surface area contributed by atoms with Gasteiger partial charge in [-0.15, -0.1) is 0 Å². The Labute approximate surface area is 131 Å². The third-order valence-corrected chi connectivity index (χ3v) is 3.30. The van der Waals surface area contributed by atoms with E-state index in [2.05, 4.69) is 4.74 Å². The summed E-state index contributed by atoms with van der Waals surface area (Å²) in [6.45, 7) is 2.84. The van der Waals surface area contributed by atoms with E-state index in [9.17, 15) is 9.90 Å². The fraction of sp³-hybridized carbons (Fsp3) is 0.471. The van der Waals surface area contributed by atoms with Gasteiger partial charge >= 0.3 is 5.97 Å². The van der Waals surface area contributed by atoms with Gasteiger partial charge in [0.1, 0.15) is 5.75 Å². The Balaban J connectivity index is 2.27. The molecule has 0 aliphatic heterocycles. The Morgan fingerprint density at radius 3 is 2.55 bits per heavy atom. The summed E-state index contributed by atoms with van der Waals surface area (Å²) in [5.74, 6) is 0.362. The lowest BCUT2D eigenvalue weighted by Gasteiger charge is -2.17. The van der Waals surface area contributed by atoms with E-state index in [-0.39, 0.29) is 5.92 Å². The molecule has 0 radical (unpaired) electrons. The molecule has 0 saturated heterocycles. The van der Waals surface area contributed by atoms with Gasteiger partial charge in [0.05, 0.1) is 33.5 Å². The van der Waals surface area contributed by atoms with Crippen molar-refractivity contribution in [3.8, 4) is 5.75 Å². The fourth-order valence-electron chi connectivity index (χ4n) is 1.80. The molecule has 0 saturated carbocycles. The van der Waals surface area contributed by atoms with Crippen LogP contribution in [0.5, 0.6) is 5.75 Å². The quantitative estimate of drug-likeness (QED) is 0.560. The van der Waals surface area contributed by atoms with Gasteiger partial charge in [-0.05, 0) is 24.1 Å². The van der Waals surface area contributed by atoms with Gasteiger partial charge < -0.3 is 19.3 Å². The molecule has 5 nitrogen and oxygen atoms in total. The molecule has 0 amide bonds. The molecule has 122 valence electrons. The molecule has 0 aliphatic rings. The van der Waals surface area contributed by atoms with Crippen LogP contribution < -0.4 is 4.74 Å². The van der Waals surface area contributed by atoms with Crippen molar-refractivity contribution in [3.63, 3.8) is 0 Å². The molecule has 0 aliphatic carbocycles. The SMILES string of the molecule is COC(=O)/C=C/C[C@H](O)[C@H](C)COCc1ccc(OC)cc1. The molecule has 0 heterocycles. The highest BCUT2D eigenvalue weighted by atomic mass is 16.5. The van der Waals surface area contributed by atoms with Crippen LogP contribution in [0, 0.1) is 5.92 Å². The number of methoxy groups -OCH3 is 2. The summed E-state index contributed by atoms with van der Waals surface area (Å²) in [6, 6.07) is 7.65. The summed E-state index contributed by atoms with van der Waals surface area (Å²) in [5.41, 5.74) is 1.05. The Bertz CT molecular complexity index is 466. The number of carbonyl (C=O) groups is 1. The first kappa shape index (κ1) is 18.2. The lowest BCUT2D eigenvalue weighted by atomic mass is 10.0. The maximum atomic E-state index is 10.9. The minimum Gasteiger partial charge on any atom is -0.497 e. The van der Waals surface area contributed by atoms with Crippen LogP contribution in [0.1, 0.15) is 18.9 Å². The van der Waals surface area contributed by atoms with Gasteiger partial charge in [-0.3, -0.25) is 0 Å². The van der Waals surface area contributed by atoms with Crippen LogP contribution in [0.4, 0.5) is 0 Å². The number of carbonyl (C=O) groups excluding carboxylic acids is 1. The normalized spacial score (nSPS) is 13.8. The summed E-state index contributed by atoms with van der Waals surface area (Å²) in [6.07, 6.45) is 2.75. The molecule has 0 bridgehead atoms. The van der Waals surface area contributed by atoms with E-state index in [1.807, 2.05) is 31.2 Å². The largest absolute Gasteiger partial charge is 0.497 e. The Morgan fingerprint density at radius 1 is 1.27 bits per heavy atom. The van der Waals surface area contributed by atoms with Crippen LogP contribution in [0.25, 0.3) is 0 Å². The van der Waals surface area contributed by atoms with Gasteiger partial charge in [0.15, 0.2) is 0 Å². The van der Waals surface area contributed by atoms with Crippen LogP contribution in [0.3, 0.4) is 0 Å². The lowest BCUT2D eigenvalue weighted by molar-refractivity contribution is -0.134. The highest BCUT2D eigenvalue weighted by molar-refractivity contribution is 5.81. The first-order valence-corrected chi connectivity index (χ1v) is 7.20. The van der Waals surface area contributed by atoms with E-state index in [1.165, 1.54) is 13.2 Å². The molecule has 0 aromatic heterocycles. The van der Waals surface area contributed by atoms with Crippen LogP contribution in [0.15, 0.2) is 36.4 Å². The van der Waals surface area contributed by atoms with E-state index < -0.39 is 12.1 Å². The zero-order chi connectivity index (χ0) is 16.4. The molecule has 0 fully saturated rings. The van der Waals surface area contributed by atoms with Gasteiger partial charge in [-0.1, -0.05) is 25.1 Å². The minimum atomic E-state index is -0.559. The van der Waals surface area contributed by atoms with Gasteiger partial charge in [0.2, 0.25) is 0 Å². The van der Waals surface area contributed by atoms with E-state index in [4.69, 9.17) is 9.47 Å². The monoisotopic (exact) mass is 308 g/mol. The molecule has 1 aromatic carbocycles. The number of benzene rings is 1. The molecule has 2 atom stereocenters. The van der Waals surface area contributed by atoms with E-state index in [1.54, 1.807) is 13.2 Å². The molecule has 1 aromatic rings. The smallest absolute Gasteiger partial charge is 0.330 e.